The van der Waals surface area contributed by atoms with Crippen molar-refractivity contribution in [1.82, 2.24) is 0 Å². The molecule has 1 heterocycles. The molecule has 2 nitrogen and oxygen atoms in total. The number of benzene rings is 4. The van der Waals surface area contributed by atoms with Gasteiger partial charge in [-0.05, 0) is 40.1 Å². The number of hydrogen-bond donors (Lipinski definition) is 0. The summed E-state index contributed by atoms with van der Waals surface area (Å²) in [5, 5.41) is 3.53. The van der Waals surface area contributed by atoms with Gasteiger partial charge in [0.15, 0.2) is 0 Å². The normalized spacial score (nSPS) is 11.4. The fourth-order valence-electron chi connectivity index (χ4n) is 3.53. The van der Waals surface area contributed by atoms with Crippen molar-refractivity contribution >= 4 is 32.7 Å². The lowest BCUT2D eigenvalue weighted by Crippen LogP contribution is -2.03. The second-order valence-electron chi connectivity index (χ2n) is 6.13. The summed E-state index contributed by atoms with van der Waals surface area (Å²) >= 11 is 0. The molecular weight excluding hydrogens is 308 g/mol. The Morgan fingerprint density at radius 2 is 1.20 bits per heavy atom. The molecule has 0 fully saturated rings. The highest BCUT2D eigenvalue weighted by Crippen LogP contribution is 2.33. The van der Waals surface area contributed by atoms with Gasteiger partial charge in [-0.25, -0.2) is 0 Å². The van der Waals surface area contributed by atoms with E-state index in [9.17, 15) is 4.79 Å². The van der Waals surface area contributed by atoms with E-state index < -0.39 is 0 Å². The van der Waals surface area contributed by atoms with Gasteiger partial charge in [-0.2, -0.15) is 0 Å². The van der Waals surface area contributed by atoms with Gasteiger partial charge in [0.05, 0.1) is 10.8 Å². The van der Waals surface area contributed by atoms with Crippen LogP contribution in [0.1, 0.15) is 0 Å². The van der Waals surface area contributed by atoms with Gasteiger partial charge in [0, 0.05) is 0 Å². The Balaban J connectivity index is 1.97. The SMILES string of the molecule is O=c1c2ccccc2oc2cccc(-c3cccc4ccccc34)c12. The van der Waals surface area contributed by atoms with Gasteiger partial charge >= 0.3 is 0 Å². The standard InChI is InChI=1S/C23H14O2/c24-23-19-10-3-4-13-20(19)25-21-14-6-12-18(22(21)23)17-11-5-8-15-7-1-2-9-16(15)17/h1-14H. The van der Waals surface area contributed by atoms with Crippen LogP contribution >= 0.6 is 0 Å². The third-order valence-electron chi connectivity index (χ3n) is 4.68. The minimum Gasteiger partial charge on any atom is -0.456 e. The molecule has 1 aromatic heterocycles. The van der Waals surface area contributed by atoms with E-state index >= 15 is 0 Å². The number of rotatable bonds is 1. The summed E-state index contributed by atoms with van der Waals surface area (Å²) in [5.74, 6) is 0. The molecular formula is C23H14O2. The quantitative estimate of drug-likeness (QED) is 0.367. The summed E-state index contributed by atoms with van der Waals surface area (Å²) in [5.41, 5.74) is 3.21. The Hall–Kier alpha value is -3.39. The molecule has 0 saturated heterocycles. The Labute approximate surface area is 143 Å². The zero-order valence-corrected chi connectivity index (χ0v) is 13.4. The van der Waals surface area contributed by atoms with Gasteiger partial charge in [0.1, 0.15) is 11.2 Å². The lowest BCUT2D eigenvalue weighted by molar-refractivity contribution is 0.660. The first-order valence-corrected chi connectivity index (χ1v) is 8.26. The van der Waals surface area contributed by atoms with Crippen LogP contribution in [0.25, 0.3) is 43.8 Å². The highest BCUT2D eigenvalue weighted by molar-refractivity contribution is 6.06. The van der Waals surface area contributed by atoms with Gasteiger partial charge < -0.3 is 4.42 Å². The van der Waals surface area contributed by atoms with Crippen molar-refractivity contribution in [2.75, 3.05) is 0 Å². The van der Waals surface area contributed by atoms with Crippen LogP contribution in [0.5, 0.6) is 0 Å². The monoisotopic (exact) mass is 322 g/mol. The third kappa shape index (κ3) is 2.08. The first kappa shape index (κ1) is 14.0. The molecule has 0 atom stereocenters. The second kappa shape index (κ2) is 5.32. The zero-order valence-electron chi connectivity index (χ0n) is 13.4. The Bertz CT molecular complexity index is 1310. The topological polar surface area (TPSA) is 30.2 Å². The van der Waals surface area contributed by atoms with E-state index in [2.05, 4.69) is 24.3 Å². The van der Waals surface area contributed by atoms with Gasteiger partial charge in [0.2, 0.25) is 5.43 Å². The molecule has 25 heavy (non-hydrogen) atoms. The molecule has 118 valence electrons. The fourth-order valence-corrected chi connectivity index (χ4v) is 3.53. The van der Waals surface area contributed by atoms with Crippen molar-refractivity contribution in [3.63, 3.8) is 0 Å². The van der Waals surface area contributed by atoms with E-state index in [0.29, 0.717) is 21.9 Å². The molecule has 4 aromatic carbocycles. The van der Waals surface area contributed by atoms with E-state index in [0.717, 1.165) is 21.9 Å². The Morgan fingerprint density at radius 1 is 0.560 bits per heavy atom. The summed E-state index contributed by atoms with van der Waals surface area (Å²) in [7, 11) is 0. The van der Waals surface area contributed by atoms with Gasteiger partial charge in [-0.15, -0.1) is 0 Å². The van der Waals surface area contributed by atoms with E-state index in [1.807, 2.05) is 60.7 Å². The Kier molecular flexibility index (Phi) is 2.98. The average molecular weight is 322 g/mol. The molecule has 0 aliphatic rings. The molecule has 0 aliphatic carbocycles. The molecule has 0 radical (unpaired) electrons. The Morgan fingerprint density at radius 3 is 2.12 bits per heavy atom. The van der Waals surface area contributed by atoms with Gasteiger partial charge in [-0.1, -0.05) is 66.7 Å². The van der Waals surface area contributed by atoms with Crippen LogP contribution in [0.3, 0.4) is 0 Å². The summed E-state index contributed by atoms with van der Waals surface area (Å²) in [6.45, 7) is 0. The molecule has 0 saturated carbocycles. The van der Waals surface area contributed by atoms with E-state index in [1.54, 1.807) is 0 Å². The molecule has 5 aromatic rings. The minimum atomic E-state index is 0.0142. The lowest BCUT2D eigenvalue weighted by atomic mass is 9.95. The first-order chi connectivity index (χ1) is 12.3. The molecule has 0 spiro atoms. The minimum absolute atomic E-state index is 0.0142. The van der Waals surface area contributed by atoms with Crippen LogP contribution in [0.2, 0.25) is 0 Å². The molecule has 0 amide bonds. The smallest absolute Gasteiger partial charge is 0.201 e. The highest BCUT2D eigenvalue weighted by atomic mass is 16.3. The maximum Gasteiger partial charge on any atom is 0.201 e. The van der Waals surface area contributed by atoms with Crippen molar-refractivity contribution < 1.29 is 4.42 Å². The molecule has 5 rings (SSSR count). The number of fused-ring (bicyclic) bond motifs is 3. The third-order valence-corrected chi connectivity index (χ3v) is 4.68. The average Bonchev–Trinajstić information content (AvgIpc) is 2.67. The van der Waals surface area contributed by atoms with Gasteiger partial charge in [0.25, 0.3) is 0 Å². The van der Waals surface area contributed by atoms with Gasteiger partial charge in [-0.3, -0.25) is 4.79 Å². The zero-order chi connectivity index (χ0) is 16.8. The predicted octanol–water partition coefficient (Wildman–Crippen LogP) is 5.77. The van der Waals surface area contributed by atoms with E-state index in [1.165, 1.54) is 0 Å². The van der Waals surface area contributed by atoms with Crippen molar-refractivity contribution in [3.8, 4) is 11.1 Å². The van der Waals surface area contributed by atoms with Crippen LogP contribution in [-0.4, -0.2) is 0 Å². The molecule has 0 bridgehead atoms. The molecule has 0 unspecified atom stereocenters. The van der Waals surface area contributed by atoms with Crippen LogP contribution in [0.4, 0.5) is 0 Å². The second-order valence-corrected chi connectivity index (χ2v) is 6.13. The fraction of sp³-hybridized carbons (Fsp3) is 0. The first-order valence-electron chi connectivity index (χ1n) is 8.26. The van der Waals surface area contributed by atoms with E-state index in [-0.39, 0.29) is 5.43 Å². The predicted molar refractivity (Wildman–Crippen MR) is 103 cm³/mol. The largest absolute Gasteiger partial charge is 0.456 e. The van der Waals surface area contributed by atoms with Crippen LogP contribution < -0.4 is 5.43 Å². The van der Waals surface area contributed by atoms with Crippen molar-refractivity contribution in [1.29, 1.82) is 0 Å². The summed E-state index contributed by atoms with van der Waals surface area (Å²) in [6, 6.07) is 27.6. The summed E-state index contributed by atoms with van der Waals surface area (Å²) in [6.07, 6.45) is 0. The highest BCUT2D eigenvalue weighted by Gasteiger charge is 2.13. The summed E-state index contributed by atoms with van der Waals surface area (Å²) < 4.78 is 6.00. The maximum absolute atomic E-state index is 13.2. The lowest BCUT2D eigenvalue weighted by Gasteiger charge is -2.10. The molecule has 2 heteroatoms. The summed E-state index contributed by atoms with van der Waals surface area (Å²) in [4.78, 5) is 13.2. The van der Waals surface area contributed by atoms with E-state index in [4.69, 9.17) is 4.42 Å². The maximum atomic E-state index is 13.2. The number of para-hydroxylation sites is 1. The van der Waals surface area contributed by atoms with Crippen LogP contribution in [0, 0.1) is 0 Å². The van der Waals surface area contributed by atoms with Crippen molar-refractivity contribution in [3.05, 3.63) is 95.2 Å². The molecule has 0 aliphatic heterocycles. The van der Waals surface area contributed by atoms with Crippen molar-refractivity contribution in [2.24, 2.45) is 0 Å². The van der Waals surface area contributed by atoms with Crippen LogP contribution in [-0.2, 0) is 0 Å². The van der Waals surface area contributed by atoms with Crippen LogP contribution in [0.15, 0.2) is 94.1 Å². The number of hydrogen-bond acceptors (Lipinski definition) is 2. The molecule has 0 N–H and O–H groups in total. The van der Waals surface area contributed by atoms with Crippen molar-refractivity contribution in [2.45, 2.75) is 0 Å².